The monoisotopic (exact) mass is 384 g/mol. The summed E-state index contributed by atoms with van der Waals surface area (Å²) in [4.78, 5) is 16.5. The van der Waals surface area contributed by atoms with Crippen LogP contribution in [0.15, 0.2) is 29.3 Å². The van der Waals surface area contributed by atoms with E-state index < -0.39 is 0 Å². The van der Waals surface area contributed by atoms with Gasteiger partial charge in [-0.3, -0.25) is 9.79 Å². The Labute approximate surface area is 167 Å². The van der Waals surface area contributed by atoms with Crippen LogP contribution in [0.3, 0.4) is 0 Å². The summed E-state index contributed by atoms with van der Waals surface area (Å²) in [5, 5.41) is 9.96. The molecule has 4 rings (SSSR count). The molecule has 28 heavy (non-hydrogen) atoms. The minimum Gasteiger partial charge on any atom is -0.487 e. The van der Waals surface area contributed by atoms with Gasteiger partial charge >= 0.3 is 0 Å². The number of hydrogen-bond donors (Lipinski definition) is 3. The Hall–Kier alpha value is -2.24. The third kappa shape index (κ3) is 4.42. The molecule has 0 aromatic heterocycles. The molecule has 1 amide bonds. The molecule has 0 bridgehead atoms. The number of benzene rings is 1. The summed E-state index contributed by atoms with van der Waals surface area (Å²) >= 11 is 0. The van der Waals surface area contributed by atoms with Gasteiger partial charge in [0.05, 0.1) is 12.6 Å². The Balaban J connectivity index is 1.42. The number of nitrogens with zero attached hydrogens (tertiary/aromatic N) is 1. The van der Waals surface area contributed by atoms with Crippen molar-refractivity contribution in [3.8, 4) is 5.75 Å². The van der Waals surface area contributed by atoms with E-state index in [1.165, 1.54) is 18.4 Å². The van der Waals surface area contributed by atoms with Crippen molar-refractivity contribution < 1.29 is 9.53 Å². The van der Waals surface area contributed by atoms with Crippen molar-refractivity contribution in [3.05, 3.63) is 29.8 Å². The summed E-state index contributed by atoms with van der Waals surface area (Å²) < 4.78 is 6.46. The lowest BCUT2D eigenvalue weighted by Gasteiger charge is -2.40. The van der Waals surface area contributed by atoms with Gasteiger partial charge in [-0.1, -0.05) is 18.2 Å². The number of aliphatic imine (C=N–C) groups is 1. The molecule has 0 radical (unpaired) electrons. The first-order chi connectivity index (χ1) is 13.7. The number of carbonyl (C=O) groups is 1. The lowest BCUT2D eigenvalue weighted by molar-refractivity contribution is -0.122. The largest absolute Gasteiger partial charge is 0.487 e. The molecule has 3 aliphatic rings. The number of carbonyl (C=O) groups excluding carboxylic acids is 1. The molecular weight excluding hydrogens is 352 g/mol. The van der Waals surface area contributed by atoms with Gasteiger partial charge in [0.2, 0.25) is 5.91 Å². The SMILES string of the molecule is CCNC(=NCCNC(=O)C1CC1)NC1CC2(CCCC2)Oc2ccccc21. The second-order valence-corrected chi connectivity index (χ2v) is 8.26. The maximum absolute atomic E-state index is 11.8. The second kappa shape index (κ2) is 8.41. The maximum atomic E-state index is 11.8. The van der Waals surface area contributed by atoms with Crippen LogP contribution in [0.1, 0.15) is 63.5 Å². The quantitative estimate of drug-likeness (QED) is 0.401. The standard InChI is InChI=1S/C22H32N4O2/c1-2-23-21(25-14-13-24-20(27)16-9-10-16)26-18-15-22(11-5-6-12-22)28-19-8-4-3-7-17(18)19/h3-4,7-8,16,18H,2,5-6,9-15H2,1H3,(H,24,27)(H2,23,25,26). The van der Waals surface area contributed by atoms with Gasteiger partial charge in [-0.25, -0.2) is 0 Å². The molecular formula is C22H32N4O2. The summed E-state index contributed by atoms with van der Waals surface area (Å²) in [5.41, 5.74) is 1.16. The van der Waals surface area contributed by atoms with E-state index in [1.54, 1.807) is 0 Å². The summed E-state index contributed by atoms with van der Waals surface area (Å²) in [6, 6.07) is 8.53. The van der Waals surface area contributed by atoms with E-state index >= 15 is 0 Å². The van der Waals surface area contributed by atoms with Crippen molar-refractivity contribution >= 4 is 11.9 Å². The topological polar surface area (TPSA) is 74.8 Å². The highest BCUT2D eigenvalue weighted by atomic mass is 16.5. The zero-order valence-electron chi connectivity index (χ0n) is 16.8. The minimum absolute atomic E-state index is 0.0401. The molecule has 1 unspecified atom stereocenters. The van der Waals surface area contributed by atoms with Gasteiger partial charge in [-0.05, 0) is 51.5 Å². The average Bonchev–Trinajstić information content (AvgIpc) is 3.46. The minimum atomic E-state index is -0.0401. The van der Waals surface area contributed by atoms with Gasteiger partial charge in [0.1, 0.15) is 11.4 Å². The highest BCUT2D eigenvalue weighted by molar-refractivity contribution is 5.81. The maximum Gasteiger partial charge on any atom is 0.223 e. The van der Waals surface area contributed by atoms with Gasteiger partial charge in [-0.15, -0.1) is 0 Å². The molecule has 6 nitrogen and oxygen atoms in total. The first-order valence-electron chi connectivity index (χ1n) is 10.8. The first-order valence-corrected chi connectivity index (χ1v) is 10.8. The van der Waals surface area contributed by atoms with Crippen LogP contribution < -0.4 is 20.7 Å². The molecule has 1 aliphatic heterocycles. The number of nitrogens with one attached hydrogen (secondary N) is 3. The van der Waals surface area contributed by atoms with Crippen LogP contribution >= 0.6 is 0 Å². The number of hydrogen-bond acceptors (Lipinski definition) is 3. The third-order valence-corrected chi connectivity index (χ3v) is 6.00. The average molecular weight is 385 g/mol. The zero-order valence-corrected chi connectivity index (χ0v) is 16.8. The predicted molar refractivity (Wildman–Crippen MR) is 110 cm³/mol. The van der Waals surface area contributed by atoms with Crippen molar-refractivity contribution in [2.75, 3.05) is 19.6 Å². The number of guanidine groups is 1. The number of para-hydroxylation sites is 1. The fourth-order valence-corrected chi connectivity index (χ4v) is 4.39. The fourth-order valence-electron chi connectivity index (χ4n) is 4.39. The lowest BCUT2D eigenvalue weighted by Crippen LogP contribution is -2.46. The van der Waals surface area contributed by atoms with Crippen molar-refractivity contribution in [2.45, 2.75) is 63.5 Å². The van der Waals surface area contributed by atoms with E-state index in [4.69, 9.17) is 4.74 Å². The highest BCUT2D eigenvalue weighted by Crippen LogP contribution is 2.46. The van der Waals surface area contributed by atoms with Crippen molar-refractivity contribution in [1.29, 1.82) is 0 Å². The number of ether oxygens (including phenoxy) is 1. The molecule has 1 spiro atoms. The first kappa shape index (κ1) is 19.1. The highest BCUT2D eigenvalue weighted by Gasteiger charge is 2.43. The van der Waals surface area contributed by atoms with Gasteiger partial charge in [-0.2, -0.15) is 0 Å². The molecule has 1 heterocycles. The van der Waals surface area contributed by atoms with Crippen molar-refractivity contribution in [3.63, 3.8) is 0 Å². The number of rotatable bonds is 6. The van der Waals surface area contributed by atoms with Crippen LogP contribution in [0.4, 0.5) is 0 Å². The van der Waals surface area contributed by atoms with Crippen LogP contribution in [0.2, 0.25) is 0 Å². The lowest BCUT2D eigenvalue weighted by atomic mass is 9.86. The Morgan fingerprint density at radius 1 is 1.21 bits per heavy atom. The van der Waals surface area contributed by atoms with Crippen molar-refractivity contribution in [2.24, 2.45) is 10.9 Å². The molecule has 2 saturated carbocycles. The van der Waals surface area contributed by atoms with E-state index in [0.717, 1.165) is 50.4 Å². The molecule has 1 atom stereocenters. The summed E-state index contributed by atoms with van der Waals surface area (Å²) in [5.74, 6) is 2.23. The van der Waals surface area contributed by atoms with Gasteiger partial charge in [0, 0.05) is 31.0 Å². The van der Waals surface area contributed by atoms with Crippen molar-refractivity contribution in [1.82, 2.24) is 16.0 Å². The van der Waals surface area contributed by atoms with E-state index in [-0.39, 0.29) is 23.5 Å². The zero-order chi connectivity index (χ0) is 19.4. The Bertz CT molecular complexity index is 723. The Morgan fingerprint density at radius 2 is 2.00 bits per heavy atom. The number of fused-ring (bicyclic) bond motifs is 1. The summed E-state index contributed by atoms with van der Waals surface area (Å²) in [6.07, 6.45) is 7.76. The smallest absolute Gasteiger partial charge is 0.223 e. The number of amides is 1. The molecule has 1 aromatic carbocycles. The Morgan fingerprint density at radius 3 is 2.75 bits per heavy atom. The van der Waals surface area contributed by atoms with Crippen LogP contribution in [0.25, 0.3) is 0 Å². The fraction of sp³-hybridized carbons (Fsp3) is 0.636. The van der Waals surface area contributed by atoms with Crippen LogP contribution in [0.5, 0.6) is 5.75 Å². The van der Waals surface area contributed by atoms with Gasteiger partial charge in [0.15, 0.2) is 5.96 Å². The summed E-state index contributed by atoms with van der Waals surface area (Å²) in [7, 11) is 0. The third-order valence-electron chi connectivity index (χ3n) is 6.00. The van der Waals surface area contributed by atoms with E-state index in [2.05, 4.69) is 46.1 Å². The molecule has 1 aromatic rings. The molecule has 2 aliphatic carbocycles. The van der Waals surface area contributed by atoms with Gasteiger partial charge in [0.25, 0.3) is 0 Å². The van der Waals surface area contributed by atoms with Crippen LogP contribution in [-0.2, 0) is 4.79 Å². The molecule has 152 valence electrons. The molecule has 3 N–H and O–H groups in total. The van der Waals surface area contributed by atoms with E-state index in [1.807, 2.05) is 6.07 Å². The molecule has 6 heteroatoms. The van der Waals surface area contributed by atoms with E-state index in [9.17, 15) is 4.79 Å². The molecule has 2 fully saturated rings. The summed E-state index contributed by atoms with van der Waals surface area (Å²) in [6.45, 7) is 4.03. The molecule has 0 saturated heterocycles. The van der Waals surface area contributed by atoms with E-state index in [0.29, 0.717) is 13.1 Å². The van der Waals surface area contributed by atoms with Gasteiger partial charge < -0.3 is 20.7 Å². The second-order valence-electron chi connectivity index (χ2n) is 8.26. The Kier molecular flexibility index (Phi) is 5.74. The predicted octanol–water partition coefficient (Wildman–Crippen LogP) is 2.90. The normalized spacial score (nSPS) is 23.0. The van der Waals surface area contributed by atoms with Crippen LogP contribution in [-0.4, -0.2) is 37.1 Å². The van der Waals surface area contributed by atoms with Crippen LogP contribution in [0, 0.1) is 5.92 Å².